The number of hydrogen-bond acceptors (Lipinski definition) is 4. The molecule has 1 saturated heterocycles. The molecule has 1 aliphatic heterocycles. The molecule has 2 N–H and O–H groups in total. The number of rotatable bonds is 4. The summed E-state index contributed by atoms with van der Waals surface area (Å²) in [5, 5.41) is 25.1. The zero-order chi connectivity index (χ0) is 17.4. The van der Waals surface area contributed by atoms with Crippen molar-refractivity contribution in [2.75, 3.05) is 30.5 Å². The van der Waals surface area contributed by atoms with Gasteiger partial charge in [-0.1, -0.05) is 36.4 Å². The predicted molar refractivity (Wildman–Crippen MR) is 94.9 cm³/mol. The lowest BCUT2D eigenvalue weighted by atomic mass is 10.2. The van der Waals surface area contributed by atoms with Crippen LogP contribution < -0.4 is 10.3 Å². The lowest BCUT2D eigenvalue weighted by Crippen LogP contribution is -2.48. The van der Waals surface area contributed by atoms with Crippen LogP contribution in [0.4, 0.5) is 11.4 Å². The van der Waals surface area contributed by atoms with E-state index in [9.17, 15) is 10.0 Å². The first-order valence-electron chi connectivity index (χ1n) is 7.87. The molecule has 1 heterocycles. The minimum Gasteiger partial charge on any atom is -0.606 e. The van der Waals surface area contributed by atoms with Crippen molar-refractivity contribution in [1.29, 1.82) is 0 Å². The summed E-state index contributed by atoms with van der Waals surface area (Å²) in [6.45, 7) is 1.50. The van der Waals surface area contributed by atoms with Gasteiger partial charge >= 0.3 is 0 Å². The molecule has 1 amide bonds. The molecule has 1 aliphatic rings. The highest BCUT2D eigenvalue weighted by molar-refractivity contribution is 5.73. The Kier molecular flexibility index (Phi) is 6.31. The molecule has 0 aliphatic carbocycles. The van der Waals surface area contributed by atoms with E-state index in [1.807, 2.05) is 41.4 Å². The Balaban J connectivity index is 0.000000177. The van der Waals surface area contributed by atoms with Crippen LogP contribution in [0, 0.1) is 5.21 Å². The number of anilines is 2. The van der Waals surface area contributed by atoms with Gasteiger partial charge in [0.05, 0.1) is 25.9 Å². The van der Waals surface area contributed by atoms with Crippen LogP contribution in [0.25, 0.3) is 0 Å². The van der Waals surface area contributed by atoms with Crippen molar-refractivity contribution in [3.05, 3.63) is 65.4 Å². The number of para-hydroxylation sites is 2. The Labute approximate surface area is 142 Å². The third-order valence-corrected chi connectivity index (χ3v) is 3.91. The van der Waals surface area contributed by atoms with Gasteiger partial charge in [0.15, 0.2) is 0 Å². The molecule has 1 unspecified atom stereocenters. The fourth-order valence-corrected chi connectivity index (χ4v) is 2.68. The topological polar surface area (TPSA) is 75.6 Å². The molecule has 0 spiro atoms. The highest BCUT2D eigenvalue weighted by atomic mass is 16.6. The molecule has 24 heavy (non-hydrogen) atoms. The molecule has 1 fully saturated rings. The van der Waals surface area contributed by atoms with Gasteiger partial charge in [0.2, 0.25) is 6.41 Å². The van der Waals surface area contributed by atoms with Crippen molar-refractivity contribution in [1.82, 2.24) is 0 Å². The average Bonchev–Trinajstić information content (AvgIpc) is 2.96. The predicted octanol–water partition coefficient (Wildman–Crippen LogP) is 2.50. The van der Waals surface area contributed by atoms with E-state index < -0.39 is 0 Å². The molecule has 128 valence electrons. The molecule has 0 saturated carbocycles. The van der Waals surface area contributed by atoms with Gasteiger partial charge in [-0.3, -0.25) is 9.55 Å². The Morgan fingerprint density at radius 3 is 2.46 bits per heavy atom. The molecular formula is C18H23N3O3. The van der Waals surface area contributed by atoms with Crippen LogP contribution in [0.3, 0.4) is 0 Å². The standard InChI is InChI=1S/C10H14N2O.C8H9NO2/c1-12(13)9-5-8-11(12)10-6-3-2-4-7-10;10-5-7-3-1-2-4-8(7)9-6-11/h2-4,6-7H,5,8-9H2,1H3;1-4,6,10H,5H2,(H,9,11). The van der Waals surface area contributed by atoms with E-state index in [2.05, 4.69) is 5.32 Å². The van der Waals surface area contributed by atoms with Gasteiger partial charge in [-0.05, 0) is 18.2 Å². The van der Waals surface area contributed by atoms with Gasteiger partial charge in [0.1, 0.15) is 6.54 Å². The number of benzene rings is 2. The second-order valence-electron chi connectivity index (χ2n) is 5.66. The van der Waals surface area contributed by atoms with E-state index in [0.717, 1.165) is 24.2 Å². The second-order valence-corrected chi connectivity index (χ2v) is 5.66. The lowest BCUT2D eigenvalue weighted by Gasteiger charge is -2.41. The van der Waals surface area contributed by atoms with E-state index in [1.54, 1.807) is 25.2 Å². The van der Waals surface area contributed by atoms with Crippen LogP contribution in [0.1, 0.15) is 12.0 Å². The van der Waals surface area contributed by atoms with Crippen LogP contribution in [-0.4, -0.2) is 36.4 Å². The number of amides is 1. The van der Waals surface area contributed by atoms with Crippen molar-refractivity contribution >= 4 is 17.8 Å². The van der Waals surface area contributed by atoms with Crippen molar-refractivity contribution in [2.45, 2.75) is 13.0 Å². The van der Waals surface area contributed by atoms with Gasteiger partial charge in [-0.15, -0.1) is 0 Å². The smallest absolute Gasteiger partial charge is 0.211 e. The number of nitrogens with zero attached hydrogens (tertiary/aromatic N) is 2. The van der Waals surface area contributed by atoms with Crippen molar-refractivity contribution in [3.8, 4) is 0 Å². The average molecular weight is 329 g/mol. The number of aliphatic hydroxyl groups excluding tert-OH is 1. The third-order valence-electron chi connectivity index (χ3n) is 3.91. The van der Waals surface area contributed by atoms with E-state index in [4.69, 9.17) is 5.11 Å². The largest absolute Gasteiger partial charge is 0.606 e. The second kappa shape index (κ2) is 8.44. The summed E-state index contributed by atoms with van der Waals surface area (Å²) < 4.78 is -0.260. The van der Waals surface area contributed by atoms with Crippen molar-refractivity contribution < 1.29 is 14.7 Å². The highest BCUT2D eigenvalue weighted by Gasteiger charge is 2.28. The lowest BCUT2D eigenvalue weighted by molar-refractivity contribution is -0.857. The van der Waals surface area contributed by atoms with Gasteiger partial charge in [-0.25, -0.2) is 5.01 Å². The molecule has 2 aromatic rings. The fraction of sp³-hybridized carbons (Fsp3) is 0.278. The van der Waals surface area contributed by atoms with Crippen LogP contribution in [-0.2, 0) is 11.4 Å². The third kappa shape index (κ3) is 4.55. The van der Waals surface area contributed by atoms with E-state index in [0.29, 0.717) is 18.6 Å². The molecule has 6 heteroatoms. The van der Waals surface area contributed by atoms with Crippen LogP contribution in [0.2, 0.25) is 0 Å². The molecule has 3 rings (SSSR count). The van der Waals surface area contributed by atoms with Crippen LogP contribution in [0.5, 0.6) is 0 Å². The van der Waals surface area contributed by atoms with Crippen molar-refractivity contribution in [3.63, 3.8) is 0 Å². The van der Waals surface area contributed by atoms with E-state index in [1.165, 1.54) is 0 Å². The zero-order valence-corrected chi connectivity index (χ0v) is 13.8. The Morgan fingerprint density at radius 2 is 1.88 bits per heavy atom. The summed E-state index contributed by atoms with van der Waals surface area (Å²) >= 11 is 0. The zero-order valence-electron chi connectivity index (χ0n) is 13.8. The van der Waals surface area contributed by atoms with Crippen LogP contribution in [0.15, 0.2) is 54.6 Å². The maximum atomic E-state index is 11.9. The molecule has 6 nitrogen and oxygen atoms in total. The summed E-state index contributed by atoms with van der Waals surface area (Å²) in [7, 11) is 1.71. The monoisotopic (exact) mass is 329 g/mol. The van der Waals surface area contributed by atoms with Gasteiger partial charge < -0.3 is 15.6 Å². The number of nitrogens with one attached hydrogen (secondary N) is 1. The maximum Gasteiger partial charge on any atom is 0.211 e. The summed E-state index contributed by atoms with van der Waals surface area (Å²) in [6, 6.07) is 17.0. The summed E-state index contributed by atoms with van der Waals surface area (Å²) in [5.74, 6) is 0. The number of hydroxylamine groups is 2. The van der Waals surface area contributed by atoms with Gasteiger partial charge in [0.25, 0.3) is 0 Å². The first-order valence-corrected chi connectivity index (χ1v) is 7.87. The Morgan fingerprint density at radius 1 is 1.21 bits per heavy atom. The number of carbonyl (C=O) groups is 1. The minimum absolute atomic E-state index is 0.0585. The van der Waals surface area contributed by atoms with Crippen molar-refractivity contribution in [2.24, 2.45) is 0 Å². The van der Waals surface area contributed by atoms with E-state index >= 15 is 0 Å². The first kappa shape index (κ1) is 17.9. The van der Waals surface area contributed by atoms with Crippen LogP contribution >= 0.6 is 0 Å². The molecule has 0 aromatic heterocycles. The first-order chi connectivity index (χ1) is 11.6. The summed E-state index contributed by atoms with van der Waals surface area (Å²) in [6.07, 6.45) is 1.57. The minimum atomic E-state index is -0.260. The SMILES string of the molecule is C[N+]1([O-])CCCN1c1ccccc1.O=CNc1ccccc1CO. The molecule has 2 aromatic carbocycles. The molecule has 1 atom stereocenters. The summed E-state index contributed by atoms with van der Waals surface area (Å²) in [4.78, 5) is 10.0. The maximum absolute atomic E-state index is 11.9. The molecular weight excluding hydrogens is 306 g/mol. The normalized spacial score (nSPS) is 19.4. The number of hydrogen-bond donors (Lipinski definition) is 2. The molecule has 0 bridgehead atoms. The Hall–Kier alpha value is -2.41. The fourth-order valence-electron chi connectivity index (χ4n) is 2.68. The van der Waals surface area contributed by atoms with Gasteiger partial charge in [0, 0.05) is 17.7 Å². The molecule has 0 radical (unpaired) electrons. The Bertz CT molecular complexity index is 647. The summed E-state index contributed by atoms with van der Waals surface area (Å²) in [5.41, 5.74) is 2.40. The highest BCUT2D eigenvalue weighted by Crippen LogP contribution is 2.25. The number of quaternary nitrogens is 1. The quantitative estimate of drug-likeness (QED) is 0.513. The van der Waals surface area contributed by atoms with E-state index in [-0.39, 0.29) is 11.4 Å². The van der Waals surface area contributed by atoms with Gasteiger partial charge in [-0.2, -0.15) is 0 Å². The number of carbonyl (C=O) groups excluding carboxylic acids is 1. The number of aliphatic hydroxyl groups is 1.